The van der Waals surface area contributed by atoms with Crippen LogP contribution >= 0.6 is 11.8 Å². The molecule has 240 valence electrons. The summed E-state index contributed by atoms with van der Waals surface area (Å²) in [5.41, 5.74) is 11.4. The SMILES string of the molecule is C[C@@H]1NC(=O)[C@H](CCCN=C(N)N)NC(=O)CNC(=O)[C@@H]2CSC(CO)N2C(=O)CNC(=O)[C@H](Cc2ccccc2)NC1=O. The summed E-state index contributed by atoms with van der Waals surface area (Å²) in [6.07, 6.45) is 0.497. The zero-order chi connectivity index (χ0) is 32.2. The van der Waals surface area contributed by atoms with E-state index in [-0.39, 0.29) is 31.1 Å². The second kappa shape index (κ2) is 16.5. The zero-order valence-corrected chi connectivity index (χ0v) is 25.1. The van der Waals surface area contributed by atoms with Crippen LogP contribution < -0.4 is 38.1 Å². The molecule has 0 bridgehead atoms. The van der Waals surface area contributed by atoms with E-state index in [0.717, 1.165) is 5.56 Å². The number of hydrogen-bond acceptors (Lipinski definition) is 9. The Bertz CT molecular complexity index is 1250. The Labute approximate surface area is 258 Å². The lowest BCUT2D eigenvalue weighted by Gasteiger charge is -2.29. The predicted octanol–water partition coefficient (Wildman–Crippen LogP) is -3.73. The number of nitrogens with two attached hydrogens (primary N) is 2. The van der Waals surface area contributed by atoms with E-state index in [1.165, 1.54) is 23.6 Å². The van der Waals surface area contributed by atoms with E-state index in [1.807, 2.05) is 0 Å². The summed E-state index contributed by atoms with van der Waals surface area (Å²) in [6.45, 7) is 0.161. The molecule has 0 spiro atoms. The van der Waals surface area contributed by atoms with Crippen LogP contribution in [0.3, 0.4) is 0 Å². The van der Waals surface area contributed by atoms with Crippen LogP contribution in [-0.2, 0) is 35.2 Å². The number of fused-ring (bicyclic) bond motifs is 1. The van der Waals surface area contributed by atoms with Crippen molar-refractivity contribution in [2.75, 3.05) is 32.0 Å². The van der Waals surface area contributed by atoms with Gasteiger partial charge in [0, 0.05) is 18.7 Å². The fraction of sp³-hybridized carbons (Fsp3) is 0.519. The second-order valence-corrected chi connectivity index (χ2v) is 11.5. The number of rotatable bonds is 7. The molecule has 17 heteroatoms. The Morgan fingerprint density at radius 2 is 1.64 bits per heavy atom. The molecule has 16 nitrogen and oxygen atoms in total. The molecule has 0 aromatic heterocycles. The molecule has 5 atom stereocenters. The minimum absolute atomic E-state index is 0.0839. The Morgan fingerprint density at radius 1 is 0.932 bits per heavy atom. The topological polar surface area (TPSA) is 250 Å². The summed E-state index contributed by atoms with van der Waals surface area (Å²) in [4.78, 5) is 83.6. The smallest absolute Gasteiger partial charge is 0.244 e. The average Bonchev–Trinajstić information content (AvgIpc) is 3.44. The van der Waals surface area contributed by atoms with E-state index in [0.29, 0.717) is 6.42 Å². The average molecular weight is 634 g/mol. The number of aliphatic hydroxyl groups excluding tert-OH is 1. The van der Waals surface area contributed by atoms with Crippen molar-refractivity contribution < 1.29 is 33.9 Å². The molecule has 6 amide bonds. The highest BCUT2D eigenvalue weighted by Crippen LogP contribution is 2.29. The van der Waals surface area contributed by atoms with Crippen LogP contribution in [0.1, 0.15) is 25.3 Å². The largest absolute Gasteiger partial charge is 0.393 e. The van der Waals surface area contributed by atoms with Gasteiger partial charge in [-0.3, -0.25) is 33.8 Å². The van der Waals surface area contributed by atoms with Crippen molar-refractivity contribution in [1.82, 2.24) is 31.5 Å². The molecule has 1 aromatic carbocycles. The maximum atomic E-state index is 13.3. The van der Waals surface area contributed by atoms with E-state index < -0.39 is 84.7 Å². The van der Waals surface area contributed by atoms with Crippen molar-refractivity contribution in [2.24, 2.45) is 16.5 Å². The number of carbonyl (C=O) groups is 6. The normalized spacial score (nSPS) is 25.8. The minimum Gasteiger partial charge on any atom is -0.393 e. The molecule has 1 aromatic rings. The molecule has 1 unspecified atom stereocenters. The van der Waals surface area contributed by atoms with Crippen LogP contribution in [0, 0.1) is 0 Å². The molecule has 0 radical (unpaired) electrons. The molecule has 0 saturated carbocycles. The van der Waals surface area contributed by atoms with E-state index in [4.69, 9.17) is 11.5 Å². The van der Waals surface area contributed by atoms with Gasteiger partial charge in [0.2, 0.25) is 35.4 Å². The highest BCUT2D eigenvalue weighted by atomic mass is 32.2. The van der Waals surface area contributed by atoms with Gasteiger partial charge in [0.25, 0.3) is 0 Å². The molecule has 2 aliphatic heterocycles. The van der Waals surface area contributed by atoms with Crippen LogP contribution in [0.4, 0.5) is 0 Å². The number of amides is 6. The van der Waals surface area contributed by atoms with E-state index in [1.54, 1.807) is 30.3 Å². The van der Waals surface area contributed by atoms with Crippen molar-refractivity contribution in [3.05, 3.63) is 35.9 Å². The van der Waals surface area contributed by atoms with Crippen LogP contribution in [0.25, 0.3) is 0 Å². The molecule has 10 N–H and O–H groups in total. The van der Waals surface area contributed by atoms with Crippen molar-refractivity contribution in [3.8, 4) is 0 Å². The Kier molecular flexibility index (Phi) is 12.8. The number of aliphatic hydroxyl groups is 1. The summed E-state index contributed by atoms with van der Waals surface area (Å²) in [6, 6.07) is 4.53. The van der Waals surface area contributed by atoms with Gasteiger partial charge in [-0.1, -0.05) is 30.3 Å². The van der Waals surface area contributed by atoms with Crippen molar-refractivity contribution in [2.45, 2.75) is 55.7 Å². The van der Waals surface area contributed by atoms with Gasteiger partial charge in [0.1, 0.15) is 29.5 Å². The Hall–Kier alpha value is -4.38. The first-order valence-corrected chi connectivity index (χ1v) is 15.1. The van der Waals surface area contributed by atoms with Crippen molar-refractivity contribution in [3.63, 3.8) is 0 Å². The third kappa shape index (κ3) is 9.84. The van der Waals surface area contributed by atoms with Gasteiger partial charge in [-0.05, 0) is 25.3 Å². The van der Waals surface area contributed by atoms with Gasteiger partial charge in [-0.15, -0.1) is 11.8 Å². The van der Waals surface area contributed by atoms with E-state index >= 15 is 0 Å². The minimum atomic E-state index is -1.12. The molecule has 2 saturated heterocycles. The van der Waals surface area contributed by atoms with Gasteiger partial charge in [0.05, 0.1) is 19.7 Å². The fourth-order valence-corrected chi connectivity index (χ4v) is 5.90. The van der Waals surface area contributed by atoms with Gasteiger partial charge in [-0.25, -0.2) is 0 Å². The zero-order valence-electron chi connectivity index (χ0n) is 24.3. The highest BCUT2D eigenvalue weighted by Gasteiger charge is 2.41. The number of carbonyl (C=O) groups excluding carboxylic acids is 6. The van der Waals surface area contributed by atoms with Crippen molar-refractivity contribution in [1.29, 1.82) is 0 Å². The van der Waals surface area contributed by atoms with Gasteiger partial charge in [-0.2, -0.15) is 0 Å². The Morgan fingerprint density at radius 3 is 2.32 bits per heavy atom. The van der Waals surface area contributed by atoms with Gasteiger partial charge in [0.15, 0.2) is 5.96 Å². The van der Waals surface area contributed by atoms with Gasteiger partial charge >= 0.3 is 0 Å². The van der Waals surface area contributed by atoms with E-state index in [9.17, 15) is 33.9 Å². The van der Waals surface area contributed by atoms with Crippen LogP contribution in [-0.4, -0.2) is 113 Å². The maximum Gasteiger partial charge on any atom is 0.244 e. The molecule has 3 rings (SSSR count). The first-order chi connectivity index (χ1) is 21.0. The lowest BCUT2D eigenvalue weighted by atomic mass is 10.0. The molecule has 44 heavy (non-hydrogen) atoms. The third-order valence-electron chi connectivity index (χ3n) is 6.94. The first-order valence-electron chi connectivity index (χ1n) is 14.1. The monoisotopic (exact) mass is 633 g/mol. The predicted molar refractivity (Wildman–Crippen MR) is 162 cm³/mol. The molecular weight excluding hydrogens is 594 g/mol. The third-order valence-corrected chi connectivity index (χ3v) is 8.21. The maximum absolute atomic E-state index is 13.3. The number of benzene rings is 1. The Balaban J connectivity index is 1.87. The summed E-state index contributed by atoms with van der Waals surface area (Å²) in [5, 5.41) is 21.8. The van der Waals surface area contributed by atoms with E-state index in [2.05, 4.69) is 31.6 Å². The quantitative estimate of drug-likeness (QED) is 0.0828. The van der Waals surface area contributed by atoms with Crippen LogP contribution in [0.2, 0.25) is 0 Å². The lowest BCUT2D eigenvalue weighted by Crippen LogP contribution is -2.58. The number of nitrogens with zero attached hydrogens (tertiary/aromatic N) is 2. The summed E-state index contributed by atoms with van der Waals surface area (Å²) < 4.78 is 0. The van der Waals surface area contributed by atoms with Crippen LogP contribution in [0.15, 0.2) is 35.3 Å². The fourth-order valence-electron chi connectivity index (χ4n) is 4.66. The molecule has 0 aliphatic carbocycles. The standard InChI is InChI=1S/C27H39N9O7S/c1-15-23(40)35-18(10-16-6-3-2-4-7-16)24(41)32-12-21(39)36-19(14-44-22(36)13-37)26(43)31-11-20(38)34-17(25(42)33-15)8-5-9-30-27(28)29/h2-4,6-7,15,17-19,22,37H,5,8-14H2,1H3,(H,31,43)(H,32,41)(H,33,42)(H,34,38)(H,35,40)(H4,28,29,30)/t15-,17-,18-,19-,22?/m0/s1. The second-order valence-electron chi connectivity index (χ2n) is 10.3. The molecule has 2 heterocycles. The highest BCUT2D eigenvalue weighted by molar-refractivity contribution is 8.00. The van der Waals surface area contributed by atoms with Crippen molar-refractivity contribution >= 4 is 53.2 Å². The molecule has 2 aliphatic rings. The summed E-state index contributed by atoms with van der Waals surface area (Å²) >= 11 is 1.18. The molecule has 2 fully saturated rings. The summed E-state index contributed by atoms with van der Waals surface area (Å²) in [7, 11) is 0. The summed E-state index contributed by atoms with van der Waals surface area (Å²) in [5.74, 6) is -3.93. The number of hydrogen-bond donors (Lipinski definition) is 8. The van der Waals surface area contributed by atoms with Gasteiger partial charge < -0.3 is 48.1 Å². The number of aliphatic imine (C=N–C) groups is 1. The number of thioether (sulfide) groups is 1. The first kappa shape index (κ1) is 34.1. The number of nitrogens with one attached hydrogen (secondary N) is 5. The lowest BCUT2D eigenvalue weighted by molar-refractivity contribution is -0.141. The molecular formula is C27H39N9O7S. The van der Waals surface area contributed by atoms with Crippen LogP contribution in [0.5, 0.6) is 0 Å². The number of guanidine groups is 1.